The molecule has 4 nitrogen and oxygen atoms in total. The Hall–Kier alpha value is -0.880. The standard InChI is InChI=1S/C12H11Cl3N4S/c1-16-10-5-11(19-12(18-10)20-2)17-9-4-7(14)6(13)3-8(9)15/h3-5H,1-2H3,(H2,16,17,18,19). The van der Waals surface area contributed by atoms with E-state index in [9.17, 15) is 0 Å². The summed E-state index contributed by atoms with van der Waals surface area (Å²) in [6.45, 7) is 0. The van der Waals surface area contributed by atoms with E-state index in [1.54, 1.807) is 25.2 Å². The van der Waals surface area contributed by atoms with E-state index in [0.29, 0.717) is 37.5 Å². The quantitative estimate of drug-likeness (QED) is 0.465. The predicted octanol–water partition coefficient (Wildman–Crippen LogP) is 4.94. The van der Waals surface area contributed by atoms with Gasteiger partial charge in [0, 0.05) is 13.1 Å². The predicted molar refractivity (Wildman–Crippen MR) is 88.1 cm³/mol. The average Bonchev–Trinajstić information content (AvgIpc) is 2.44. The minimum atomic E-state index is 0.408. The summed E-state index contributed by atoms with van der Waals surface area (Å²) in [5.41, 5.74) is 0.633. The Morgan fingerprint density at radius 3 is 2.25 bits per heavy atom. The van der Waals surface area contributed by atoms with Crippen molar-refractivity contribution >= 4 is 63.9 Å². The Bertz CT molecular complexity index is 614. The van der Waals surface area contributed by atoms with Gasteiger partial charge in [0.05, 0.1) is 20.8 Å². The van der Waals surface area contributed by atoms with Crippen LogP contribution in [0.1, 0.15) is 0 Å². The molecule has 0 aliphatic heterocycles. The van der Waals surface area contributed by atoms with Gasteiger partial charge in [-0.05, 0) is 18.4 Å². The van der Waals surface area contributed by atoms with E-state index in [1.807, 2.05) is 6.26 Å². The molecule has 0 unspecified atom stereocenters. The molecule has 0 aliphatic carbocycles. The topological polar surface area (TPSA) is 49.8 Å². The smallest absolute Gasteiger partial charge is 0.191 e. The second-order valence-electron chi connectivity index (χ2n) is 3.75. The number of anilines is 3. The van der Waals surface area contributed by atoms with Crippen LogP contribution in [0.2, 0.25) is 15.1 Å². The zero-order valence-corrected chi connectivity index (χ0v) is 13.8. The molecular formula is C12H11Cl3N4S. The number of hydrogen-bond acceptors (Lipinski definition) is 5. The molecule has 2 aromatic rings. The maximum Gasteiger partial charge on any atom is 0.191 e. The van der Waals surface area contributed by atoms with Gasteiger partial charge in [0.25, 0.3) is 0 Å². The molecule has 1 heterocycles. The lowest BCUT2D eigenvalue weighted by atomic mass is 10.3. The van der Waals surface area contributed by atoms with Crippen LogP contribution in [-0.2, 0) is 0 Å². The first-order valence-electron chi connectivity index (χ1n) is 5.56. The van der Waals surface area contributed by atoms with E-state index < -0.39 is 0 Å². The van der Waals surface area contributed by atoms with Crippen molar-refractivity contribution in [2.24, 2.45) is 0 Å². The minimum absolute atomic E-state index is 0.408. The number of hydrogen-bond donors (Lipinski definition) is 2. The number of thioether (sulfide) groups is 1. The van der Waals surface area contributed by atoms with Crippen LogP contribution in [-0.4, -0.2) is 23.3 Å². The molecule has 0 atom stereocenters. The highest BCUT2D eigenvalue weighted by atomic mass is 35.5. The van der Waals surface area contributed by atoms with Gasteiger partial charge < -0.3 is 10.6 Å². The number of aromatic nitrogens is 2. The summed E-state index contributed by atoms with van der Waals surface area (Å²) >= 11 is 19.5. The van der Waals surface area contributed by atoms with Gasteiger partial charge >= 0.3 is 0 Å². The van der Waals surface area contributed by atoms with Crippen LogP contribution in [0.5, 0.6) is 0 Å². The highest BCUT2D eigenvalue weighted by molar-refractivity contribution is 7.98. The van der Waals surface area contributed by atoms with Crippen LogP contribution in [0, 0.1) is 0 Å². The molecule has 2 rings (SSSR count). The number of halogens is 3. The molecule has 8 heteroatoms. The van der Waals surface area contributed by atoms with Crippen molar-refractivity contribution in [3.05, 3.63) is 33.3 Å². The number of nitrogens with zero attached hydrogens (tertiary/aromatic N) is 2. The molecule has 0 amide bonds. The molecule has 0 bridgehead atoms. The van der Waals surface area contributed by atoms with E-state index in [0.717, 1.165) is 0 Å². The summed E-state index contributed by atoms with van der Waals surface area (Å²) in [7, 11) is 1.79. The van der Waals surface area contributed by atoms with Gasteiger partial charge in [-0.25, -0.2) is 9.97 Å². The monoisotopic (exact) mass is 348 g/mol. The number of rotatable bonds is 4. The summed E-state index contributed by atoms with van der Waals surface area (Å²) in [6, 6.07) is 5.02. The van der Waals surface area contributed by atoms with Gasteiger partial charge in [-0.1, -0.05) is 46.6 Å². The third kappa shape index (κ3) is 3.61. The minimum Gasteiger partial charge on any atom is -0.373 e. The Labute approximate surface area is 136 Å². The zero-order chi connectivity index (χ0) is 14.7. The fourth-order valence-corrected chi connectivity index (χ4v) is 2.44. The summed E-state index contributed by atoms with van der Waals surface area (Å²) in [5, 5.41) is 8.04. The Morgan fingerprint density at radius 1 is 0.950 bits per heavy atom. The molecule has 1 aromatic carbocycles. The highest BCUT2D eigenvalue weighted by Gasteiger charge is 2.09. The second kappa shape index (κ2) is 6.72. The summed E-state index contributed by atoms with van der Waals surface area (Å²) in [4.78, 5) is 8.64. The summed E-state index contributed by atoms with van der Waals surface area (Å²) in [6.07, 6.45) is 1.91. The van der Waals surface area contributed by atoms with Crippen LogP contribution in [0.15, 0.2) is 23.4 Å². The highest BCUT2D eigenvalue weighted by Crippen LogP contribution is 2.34. The van der Waals surface area contributed by atoms with E-state index in [2.05, 4.69) is 20.6 Å². The average molecular weight is 350 g/mol. The maximum atomic E-state index is 6.13. The fourth-order valence-electron chi connectivity index (χ4n) is 1.46. The first kappa shape index (κ1) is 15.5. The largest absolute Gasteiger partial charge is 0.373 e. The molecule has 20 heavy (non-hydrogen) atoms. The second-order valence-corrected chi connectivity index (χ2v) is 5.74. The number of nitrogens with one attached hydrogen (secondary N) is 2. The first-order chi connectivity index (χ1) is 9.53. The fraction of sp³-hybridized carbons (Fsp3) is 0.167. The van der Waals surface area contributed by atoms with E-state index in [4.69, 9.17) is 34.8 Å². The Kier molecular flexibility index (Phi) is 5.21. The lowest BCUT2D eigenvalue weighted by molar-refractivity contribution is 0.977. The van der Waals surface area contributed by atoms with Crippen molar-refractivity contribution in [1.29, 1.82) is 0 Å². The molecule has 2 N–H and O–H groups in total. The van der Waals surface area contributed by atoms with Crippen LogP contribution in [0.4, 0.5) is 17.3 Å². The van der Waals surface area contributed by atoms with Gasteiger partial charge in [0.15, 0.2) is 5.16 Å². The van der Waals surface area contributed by atoms with Crippen LogP contribution in [0.3, 0.4) is 0 Å². The van der Waals surface area contributed by atoms with E-state index in [-0.39, 0.29) is 0 Å². The number of benzene rings is 1. The molecule has 0 fully saturated rings. The van der Waals surface area contributed by atoms with Gasteiger partial charge in [-0.15, -0.1) is 0 Å². The third-order valence-corrected chi connectivity index (χ3v) is 4.00. The van der Waals surface area contributed by atoms with Crippen molar-refractivity contribution in [2.75, 3.05) is 23.9 Å². The molecule has 0 saturated heterocycles. The molecule has 1 aromatic heterocycles. The Balaban J connectivity index is 2.36. The Morgan fingerprint density at radius 2 is 1.60 bits per heavy atom. The summed E-state index contributed by atoms with van der Waals surface area (Å²) in [5.74, 6) is 1.33. The van der Waals surface area contributed by atoms with Gasteiger partial charge in [0.2, 0.25) is 0 Å². The van der Waals surface area contributed by atoms with Crippen molar-refractivity contribution < 1.29 is 0 Å². The van der Waals surface area contributed by atoms with Gasteiger partial charge in [0.1, 0.15) is 11.6 Å². The molecular weight excluding hydrogens is 339 g/mol. The zero-order valence-electron chi connectivity index (χ0n) is 10.7. The van der Waals surface area contributed by atoms with E-state index in [1.165, 1.54) is 11.8 Å². The molecule has 0 aliphatic rings. The van der Waals surface area contributed by atoms with Crippen molar-refractivity contribution in [1.82, 2.24) is 9.97 Å². The van der Waals surface area contributed by atoms with Crippen LogP contribution >= 0.6 is 46.6 Å². The third-order valence-electron chi connectivity index (χ3n) is 2.42. The molecule has 0 saturated carbocycles. The lowest BCUT2D eigenvalue weighted by Crippen LogP contribution is -2.01. The first-order valence-corrected chi connectivity index (χ1v) is 7.91. The van der Waals surface area contributed by atoms with Crippen molar-refractivity contribution in [3.8, 4) is 0 Å². The van der Waals surface area contributed by atoms with Crippen LogP contribution in [0.25, 0.3) is 0 Å². The lowest BCUT2D eigenvalue weighted by Gasteiger charge is -2.11. The van der Waals surface area contributed by atoms with Crippen LogP contribution < -0.4 is 10.6 Å². The molecule has 0 radical (unpaired) electrons. The SMILES string of the molecule is CNc1cc(Nc2cc(Cl)c(Cl)cc2Cl)nc(SC)n1. The normalized spacial score (nSPS) is 10.4. The van der Waals surface area contributed by atoms with E-state index >= 15 is 0 Å². The summed E-state index contributed by atoms with van der Waals surface area (Å²) < 4.78 is 0. The molecule has 106 valence electrons. The van der Waals surface area contributed by atoms with Crippen molar-refractivity contribution in [3.63, 3.8) is 0 Å². The van der Waals surface area contributed by atoms with Gasteiger partial charge in [-0.3, -0.25) is 0 Å². The molecule has 0 spiro atoms. The van der Waals surface area contributed by atoms with Crippen molar-refractivity contribution in [2.45, 2.75) is 5.16 Å². The van der Waals surface area contributed by atoms with Gasteiger partial charge in [-0.2, -0.15) is 0 Å². The maximum absolute atomic E-state index is 6.13.